The van der Waals surface area contributed by atoms with Gasteiger partial charge in [-0.2, -0.15) is 0 Å². The maximum absolute atomic E-state index is 5.85. The summed E-state index contributed by atoms with van der Waals surface area (Å²) in [4.78, 5) is 17.3. The van der Waals surface area contributed by atoms with E-state index < -0.39 is 0 Å². The molecule has 0 saturated heterocycles. The summed E-state index contributed by atoms with van der Waals surface area (Å²) in [6.07, 6.45) is 1.51. The van der Waals surface area contributed by atoms with Gasteiger partial charge in [-0.25, -0.2) is 9.98 Å². The summed E-state index contributed by atoms with van der Waals surface area (Å²) in [6, 6.07) is 7.43. The SMILES string of the molecule is CC1=NC2C(=NCc3ccc(Cl)cc3)N=CN=C2N1. The first kappa shape index (κ1) is 12.0. The van der Waals surface area contributed by atoms with Gasteiger partial charge in [0.05, 0.1) is 12.4 Å². The van der Waals surface area contributed by atoms with E-state index >= 15 is 0 Å². The monoisotopic (exact) mass is 273 g/mol. The Morgan fingerprint density at radius 1 is 1.32 bits per heavy atom. The summed E-state index contributed by atoms with van der Waals surface area (Å²) in [5.41, 5.74) is 1.09. The predicted molar refractivity (Wildman–Crippen MR) is 78.6 cm³/mol. The number of rotatable bonds is 2. The Morgan fingerprint density at radius 2 is 2.11 bits per heavy atom. The Kier molecular flexibility index (Phi) is 3.13. The molecule has 0 amide bonds. The molecule has 3 rings (SSSR count). The molecule has 1 aromatic carbocycles. The minimum Gasteiger partial charge on any atom is -0.330 e. The Hall–Kier alpha value is -2.01. The van der Waals surface area contributed by atoms with Gasteiger partial charge in [0.15, 0.2) is 11.9 Å². The number of benzene rings is 1. The van der Waals surface area contributed by atoms with Crippen LogP contribution < -0.4 is 5.32 Å². The Morgan fingerprint density at radius 3 is 2.89 bits per heavy atom. The molecule has 2 aliphatic rings. The number of halogens is 1. The van der Waals surface area contributed by atoms with E-state index in [1.807, 2.05) is 31.2 Å². The van der Waals surface area contributed by atoms with Crippen LogP contribution in [0.1, 0.15) is 12.5 Å². The van der Waals surface area contributed by atoms with Crippen LogP contribution >= 0.6 is 11.6 Å². The van der Waals surface area contributed by atoms with Crippen molar-refractivity contribution in [2.24, 2.45) is 20.0 Å². The van der Waals surface area contributed by atoms with Crippen molar-refractivity contribution in [2.75, 3.05) is 0 Å². The van der Waals surface area contributed by atoms with Gasteiger partial charge in [0.2, 0.25) is 0 Å². The van der Waals surface area contributed by atoms with Gasteiger partial charge in [0.25, 0.3) is 0 Å². The summed E-state index contributed by atoms with van der Waals surface area (Å²) in [6.45, 7) is 2.46. The predicted octanol–water partition coefficient (Wildman–Crippen LogP) is 2.07. The second-order valence-corrected chi connectivity index (χ2v) is 4.74. The molecule has 1 unspecified atom stereocenters. The van der Waals surface area contributed by atoms with E-state index in [1.54, 1.807) is 0 Å². The molecular formula is C13H12ClN5. The molecular weight excluding hydrogens is 262 g/mol. The summed E-state index contributed by atoms with van der Waals surface area (Å²) < 4.78 is 0. The van der Waals surface area contributed by atoms with Crippen LogP contribution in [-0.2, 0) is 6.54 Å². The molecule has 0 aromatic heterocycles. The van der Waals surface area contributed by atoms with E-state index in [2.05, 4.69) is 25.3 Å². The lowest BCUT2D eigenvalue weighted by Crippen LogP contribution is -2.34. The largest absolute Gasteiger partial charge is 0.330 e. The van der Waals surface area contributed by atoms with Crippen LogP contribution in [0.5, 0.6) is 0 Å². The second-order valence-electron chi connectivity index (χ2n) is 4.30. The number of nitrogens with zero attached hydrogens (tertiary/aromatic N) is 4. The first-order valence-corrected chi connectivity index (χ1v) is 6.30. The molecule has 1 atom stereocenters. The van der Waals surface area contributed by atoms with Crippen LogP contribution in [-0.4, -0.2) is 29.9 Å². The quantitative estimate of drug-likeness (QED) is 0.881. The highest BCUT2D eigenvalue weighted by molar-refractivity contribution is 6.30. The molecule has 0 radical (unpaired) electrons. The van der Waals surface area contributed by atoms with Crippen molar-refractivity contribution in [3.8, 4) is 0 Å². The topological polar surface area (TPSA) is 61.5 Å². The van der Waals surface area contributed by atoms with Gasteiger partial charge in [-0.1, -0.05) is 23.7 Å². The molecule has 0 fully saturated rings. The van der Waals surface area contributed by atoms with Crippen molar-refractivity contribution in [3.05, 3.63) is 34.9 Å². The second kappa shape index (κ2) is 4.93. The number of hydrogen-bond donors (Lipinski definition) is 1. The van der Waals surface area contributed by atoms with Crippen LogP contribution in [0, 0.1) is 0 Å². The fraction of sp³-hybridized carbons (Fsp3) is 0.231. The van der Waals surface area contributed by atoms with Gasteiger partial charge in [0.1, 0.15) is 12.2 Å². The van der Waals surface area contributed by atoms with Crippen LogP contribution in [0.25, 0.3) is 0 Å². The Balaban J connectivity index is 1.79. The molecule has 2 heterocycles. The number of hydrogen-bond acceptors (Lipinski definition) is 4. The van der Waals surface area contributed by atoms with Crippen molar-refractivity contribution >= 4 is 35.4 Å². The van der Waals surface area contributed by atoms with E-state index in [0.29, 0.717) is 12.4 Å². The molecule has 5 nitrogen and oxygen atoms in total. The Bertz CT molecular complexity index is 612. The van der Waals surface area contributed by atoms with Crippen molar-refractivity contribution < 1.29 is 0 Å². The molecule has 19 heavy (non-hydrogen) atoms. The van der Waals surface area contributed by atoms with E-state index in [9.17, 15) is 0 Å². The van der Waals surface area contributed by atoms with Crippen LogP contribution in [0.3, 0.4) is 0 Å². The average molecular weight is 274 g/mol. The maximum Gasteiger partial charge on any atom is 0.169 e. The fourth-order valence-electron chi connectivity index (χ4n) is 1.93. The zero-order valence-electron chi connectivity index (χ0n) is 10.3. The third-order valence-corrected chi connectivity index (χ3v) is 3.11. The fourth-order valence-corrected chi connectivity index (χ4v) is 2.06. The van der Waals surface area contributed by atoms with Crippen molar-refractivity contribution in [2.45, 2.75) is 19.5 Å². The minimum atomic E-state index is -0.183. The molecule has 0 aliphatic carbocycles. The highest BCUT2D eigenvalue weighted by atomic mass is 35.5. The lowest BCUT2D eigenvalue weighted by Gasteiger charge is -2.11. The molecule has 6 heteroatoms. The first-order valence-electron chi connectivity index (χ1n) is 5.93. The van der Waals surface area contributed by atoms with Crippen molar-refractivity contribution in [1.82, 2.24) is 5.32 Å². The van der Waals surface area contributed by atoms with Gasteiger partial charge in [0, 0.05) is 5.02 Å². The molecule has 1 N–H and O–H groups in total. The van der Waals surface area contributed by atoms with Crippen LogP contribution in [0.15, 0.2) is 44.2 Å². The van der Waals surface area contributed by atoms with Gasteiger partial charge in [-0.05, 0) is 24.6 Å². The van der Waals surface area contributed by atoms with Gasteiger partial charge in [-0.15, -0.1) is 0 Å². The molecule has 0 bridgehead atoms. The highest BCUT2D eigenvalue weighted by Crippen LogP contribution is 2.13. The number of nitrogens with one attached hydrogen (secondary N) is 1. The van der Waals surface area contributed by atoms with Crippen LogP contribution in [0.4, 0.5) is 0 Å². The van der Waals surface area contributed by atoms with Crippen molar-refractivity contribution in [3.63, 3.8) is 0 Å². The molecule has 96 valence electrons. The smallest absolute Gasteiger partial charge is 0.169 e. The van der Waals surface area contributed by atoms with E-state index in [-0.39, 0.29) is 6.04 Å². The summed E-state index contributed by atoms with van der Waals surface area (Å²) in [5.74, 6) is 2.32. The number of fused-ring (bicyclic) bond motifs is 1. The zero-order chi connectivity index (χ0) is 13.2. The third-order valence-electron chi connectivity index (χ3n) is 2.86. The molecule has 2 aliphatic heterocycles. The first-order chi connectivity index (χ1) is 9.22. The van der Waals surface area contributed by atoms with Gasteiger partial charge < -0.3 is 5.32 Å². The lowest BCUT2D eigenvalue weighted by molar-refractivity contribution is 1.01. The van der Waals surface area contributed by atoms with Gasteiger partial charge >= 0.3 is 0 Å². The van der Waals surface area contributed by atoms with E-state index in [1.165, 1.54) is 6.34 Å². The summed E-state index contributed by atoms with van der Waals surface area (Å²) in [5, 5.41) is 3.83. The maximum atomic E-state index is 5.85. The summed E-state index contributed by atoms with van der Waals surface area (Å²) >= 11 is 5.85. The summed E-state index contributed by atoms with van der Waals surface area (Å²) in [7, 11) is 0. The standard InChI is InChI=1S/C13H12ClN5/c1-8-18-11-12(16-7-17-13(11)19-8)15-6-9-2-4-10(14)5-3-9/h2-5,7,11H,6H2,1H3,(H,15,16,17,18,19). The third kappa shape index (κ3) is 2.56. The normalized spacial score (nSPS) is 22.8. The molecule has 0 spiro atoms. The van der Waals surface area contributed by atoms with Crippen molar-refractivity contribution in [1.29, 1.82) is 0 Å². The van der Waals surface area contributed by atoms with Crippen LogP contribution in [0.2, 0.25) is 5.02 Å². The van der Waals surface area contributed by atoms with Gasteiger partial charge in [-0.3, -0.25) is 9.98 Å². The Labute approximate surface area is 115 Å². The number of aliphatic imine (C=N–C) groups is 4. The van der Waals surface area contributed by atoms with E-state index in [0.717, 1.165) is 22.3 Å². The van der Waals surface area contributed by atoms with E-state index in [4.69, 9.17) is 11.6 Å². The molecule has 0 saturated carbocycles. The lowest BCUT2D eigenvalue weighted by atomic mass is 10.2. The number of amidine groups is 3. The minimum absolute atomic E-state index is 0.183. The average Bonchev–Trinajstić information content (AvgIpc) is 2.79. The zero-order valence-corrected chi connectivity index (χ0v) is 11.1. The highest BCUT2D eigenvalue weighted by Gasteiger charge is 2.28. The molecule has 1 aromatic rings.